The molecule has 0 unspecified atom stereocenters. The van der Waals surface area contributed by atoms with Crippen molar-refractivity contribution in [3.05, 3.63) is 63.6 Å². The van der Waals surface area contributed by atoms with Crippen LogP contribution in [0.1, 0.15) is 26.3 Å². The maximum Gasteiger partial charge on any atom is 0.335 e. The second-order valence-corrected chi connectivity index (χ2v) is 5.17. The lowest BCUT2D eigenvalue weighted by atomic mass is 10.1. The highest BCUT2D eigenvalue weighted by atomic mass is 79.9. The maximum absolute atomic E-state index is 12.1. The largest absolute Gasteiger partial charge is 0.478 e. The molecule has 0 aromatic heterocycles. The molecule has 0 heterocycles. The van der Waals surface area contributed by atoms with Gasteiger partial charge in [0.2, 0.25) is 0 Å². The summed E-state index contributed by atoms with van der Waals surface area (Å²) in [5, 5.41) is 11.6. The molecule has 0 fully saturated rings. The van der Waals surface area contributed by atoms with Gasteiger partial charge in [-0.25, -0.2) is 4.79 Å². The molecular weight excluding hydrogens is 322 g/mol. The van der Waals surface area contributed by atoms with E-state index in [2.05, 4.69) is 21.2 Å². The van der Waals surface area contributed by atoms with Crippen LogP contribution in [0, 0.1) is 6.92 Å². The first-order valence-electron chi connectivity index (χ1n) is 5.88. The molecule has 2 aromatic carbocycles. The predicted octanol–water partition coefficient (Wildman–Crippen LogP) is 3.71. The van der Waals surface area contributed by atoms with E-state index in [-0.39, 0.29) is 11.5 Å². The molecule has 4 nitrogen and oxygen atoms in total. The molecule has 0 aliphatic rings. The minimum Gasteiger partial charge on any atom is -0.478 e. The highest BCUT2D eigenvalue weighted by Crippen LogP contribution is 2.24. The van der Waals surface area contributed by atoms with Crippen LogP contribution in [-0.2, 0) is 0 Å². The van der Waals surface area contributed by atoms with Crippen molar-refractivity contribution in [1.29, 1.82) is 0 Å². The summed E-state index contributed by atoms with van der Waals surface area (Å²) in [5.41, 5.74) is 2.13. The molecule has 0 radical (unpaired) electrons. The van der Waals surface area contributed by atoms with E-state index < -0.39 is 5.97 Å². The van der Waals surface area contributed by atoms with Crippen LogP contribution in [0.3, 0.4) is 0 Å². The van der Waals surface area contributed by atoms with Crippen molar-refractivity contribution in [2.75, 3.05) is 5.32 Å². The van der Waals surface area contributed by atoms with Crippen LogP contribution in [0.5, 0.6) is 0 Å². The predicted molar refractivity (Wildman–Crippen MR) is 80.2 cm³/mol. The zero-order valence-electron chi connectivity index (χ0n) is 10.7. The van der Waals surface area contributed by atoms with Crippen molar-refractivity contribution in [1.82, 2.24) is 0 Å². The van der Waals surface area contributed by atoms with E-state index in [1.54, 1.807) is 18.2 Å². The molecule has 2 N–H and O–H groups in total. The fraction of sp³-hybridized carbons (Fsp3) is 0.0667. The maximum atomic E-state index is 12.1. The Bertz CT molecular complexity index is 665. The Balaban J connectivity index is 2.25. The van der Waals surface area contributed by atoms with Gasteiger partial charge in [0.25, 0.3) is 5.91 Å². The lowest BCUT2D eigenvalue weighted by Crippen LogP contribution is -2.12. The molecule has 0 bridgehead atoms. The normalized spacial score (nSPS) is 10.1. The summed E-state index contributed by atoms with van der Waals surface area (Å²) in [5.74, 6) is -1.32. The average Bonchev–Trinajstić information content (AvgIpc) is 2.41. The monoisotopic (exact) mass is 333 g/mol. The standard InChI is InChI=1S/C15H12BrNO3/c1-9-2-4-10(5-3-9)14(18)17-13-8-11(15(19)20)6-7-12(13)16/h2-8H,1H3,(H,17,18)(H,19,20). The number of amides is 1. The minimum absolute atomic E-state index is 0.118. The van der Waals surface area contributed by atoms with Crippen molar-refractivity contribution in [2.45, 2.75) is 6.92 Å². The topological polar surface area (TPSA) is 66.4 Å². The Hall–Kier alpha value is -2.14. The van der Waals surface area contributed by atoms with Gasteiger partial charge in [-0.3, -0.25) is 4.79 Å². The Kier molecular flexibility index (Phi) is 4.20. The van der Waals surface area contributed by atoms with Crippen LogP contribution in [0.2, 0.25) is 0 Å². The Morgan fingerprint density at radius 2 is 1.65 bits per heavy atom. The van der Waals surface area contributed by atoms with Gasteiger partial charge in [-0.1, -0.05) is 17.7 Å². The SMILES string of the molecule is Cc1ccc(C(=O)Nc2cc(C(=O)O)ccc2Br)cc1. The van der Waals surface area contributed by atoms with Crippen LogP contribution in [0.15, 0.2) is 46.9 Å². The van der Waals surface area contributed by atoms with Crippen LogP contribution >= 0.6 is 15.9 Å². The first kappa shape index (κ1) is 14.3. The van der Waals surface area contributed by atoms with E-state index in [4.69, 9.17) is 5.11 Å². The van der Waals surface area contributed by atoms with Crippen LogP contribution in [0.25, 0.3) is 0 Å². The lowest BCUT2D eigenvalue weighted by Gasteiger charge is -2.08. The van der Waals surface area contributed by atoms with Gasteiger partial charge in [0.15, 0.2) is 0 Å². The van der Waals surface area contributed by atoms with E-state index >= 15 is 0 Å². The molecule has 0 saturated carbocycles. The highest BCUT2D eigenvalue weighted by molar-refractivity contribution is 9.10. The second-order valence-electron chi connectivity index (χ2n) is 4.32. The van der Waals surface area contributed by atoms with Crippen LogP contribution in [0.4, 0.5) is 5.69 Å². The van der Waals surface area contributed by atoms with E-state index in [0.29, 0.717) is 15.7 Å². The van der Waals surface area contributed by atoms with E-state index in [0.717, 1.165) is 5.56 Å². The van der Waals surface area contributed by atoms with Gasteiger partial charge in [-0.15, -0.1) is 0 Å². The second kappa shape index (κ2) is 5.88. The number of carbonyl (C=O) groups is 2. The highest BCUT2D eigenvalue weighted by Gasteiger charge is 2.11. The van der Waals surface area contributed by atoms with Crippen molar-refractivity contribution < 1.29 is 14.7 Å². The van der Waals surface area contributed by atoms with Crippen molar-refractivity contribution in [3.63, 3.8) is 0 Å². The molecule has 5 heteroatoms. The molecule has 0 atom stereocenters. The number of rotatable bonds is 3. The summed E-state index contributed by atoms with van der Waals surface area (Å²) in [6, 6.07) is 11.6. The summed E-state index contributed by atoms with van der Waals surface area (Å²) in [7, 11) is 0. The number of aryl methyl sites for hydroxylation is 1. The fourth-order valence-corrected chi connectivity index (χ4v) is 2.00. The van der Waals surface area contributed by atoms with Crippen molar-refractivity contribution >= 4 is 33.5 Å². The molecule has 20 heavy (non-hydrogen) atoms. The number of hydrogen-bond donors (Lipinski definition) is 2. The van der Waals surface area contributed by atoms with Crippen molar-refractivity contribution in [3.8, 4) is 0 Å². The fourth-order valence-electron chi connectivity index (χ4n) is 1.65. The summed E-state index contributed by atoms with van der Waals surface area (Å²) in [4.78, 5) is 23.0. The summed E-state index contributed by atoms with van der Waals surface area (Å²) in [6.45, 7) is 1.94. The first-order valence-corrected chi connectivity index (χ1v) is 6.67. The molecule has 0 aliphatic carbocycles. The molecular formula is C15H12BrNO3. The zero-order valence-corrected chi connectivity index (χ0v) is 12.3. The van der Waals surface area contributed by atoms with Gasteiger partial charge in [-0.05, 0) is 53.2 Å². The van der Waals surface area contributed by atoms with Gasteiger partial charge in [0, 0.05) is 10.0 Å². The summed E-state index contributed by atoms with van der Waals surface area (Å²) in [6.07, 6.45) is 0. The number of nitrogens with one attached hydrogen (secondary N) is 1. The number of carboxylic acid groups (broad SMARTS) is 1. The minimum atomic E-state index is -1.04. The molecule has 0 aliphatic heterocycles. The number of hydrogen-bond acceptors (Lipinski definition) is 2. The quantitative estimate of drug-likeness (QED) is 0.899. The lowest BCUT2D eigenvalue weighted by molar-refractivity contribution is 0.0696. The number of carboxylic acids is 1. The van der Waals surface area contributed by atoms with E-state index in [9.17, 15) is 9.59 Å². The van der Waals surface area contributed by atoms with Gasteiger partial charge >= 0.3 is 5.97 Å². The third kappa shape index (κ3) is 3.24. The number of carbonyl (C=O) groups excluding carboxylic acids is 1. The molecule has 0 spiro atoms. The van der Waals surface area contributed by atoms with E-state index in [1.807, 2.05) is 19.1 Å². The number of benzene rings is 2. The van der Waals surface area contributed by atoms with Gasteiger partial charge in [0.05, 0.1) is 11.3 Å². The molecule has 1 amide bonds. The third-order valence-corrected chi connectivity index (χ3v) is 3.47. The third-order valence-electron chi connectivity index (χ3n) is 2.78. The van der Waals surface area contributed by atoms with Crippen LogP contribution in [-0.4, -0.2) is 17.0 Å². The van der Waals surface area contributed by atoms with Crippen molar-refractivity contribution in [2.24, 2.45) is 0 Å². The molecule has 0 saturated heterocycles. The number of halogens is 1. The Morgan fingerprint density at radius 1 is 1.05 bits per heavy atom. The smallest absolute Gasteiger partial charge is 0.335 e. The van der Waals surface area contributed by atoms with Gasteiger partial charge in [-0.2, -0.15) is 0 Å². The van der Waals surface area contributed by atoms with E-state index in [1.165, 1.54) is 12.1 Å². The Labute approximate surface area is 124 Å². The number of aromatic carboxylic acids is 1. The van der Waals surface area contributed by atoms with Gasteiger partial charge in [0.1, 0.15) is 0 Å². The summed E-state index contributed by atoms with van der Waals surface area (Å²) < 4.78 is 0.628. The molecule has 102 valence electrons. The first-order chi connectivity index (χ1) is 9.47. The van der Waals surface area contributed by atoms with Crippen LogP contribution < -0.4 is 5.32 Å². The Morgan fingerprint density at radius 3 is 2.25 bits per heavy atom. The number of anilines is 1. The van der Waals surface area contributed by atoms with Gasteiger partial charge < -0.3 is 10.4 Å². The molecule has 2 aromatic rings. The summed E-state index contributed by atoms with van der Waals surface area (Å²) >= 11 is 3.28. The molecule has 2 rings (SSSR count). The average molecular weight is 334 g/mol. The zero-order chi connectivity index (χ0) is 14.7.